The summed E-state index contributed by atoms with van der Waals surface area (Å²) in [5.41, 5.74) is 2.90. The van der Waals surface area contributed by atoms with Crippen LogP contribution in [0.3, 0.4) is 0 Å². The topological polar surface area (TPSA) is 110 Å². The van der Waals surface area contributed by atoms with Gasteiger partial charge in [0.05, 0.1) is 13.7 Å². The van der Waals surface area contributed by atoms with Gasteiger partial charge in [-0.3, -0.25) is 4.79 Å². The number of nitrogens with one attached hydrogen (secondary N) is 1. The molecule has 8 nitrogen and oxygen atoms in total. The van der Waals surface area contributed by atoms with Crippen LogP contribution < -0.4 is 24.3 Å². The van der Waals surface area contributed by atoms with Crippen molar-refractivity contribution >= 4 is 17.7 Å². The highest BCUT2D eigenvalue weighted by atomic mass is 16.5. The van der Waals surface area contributed by atoms with Crippen LogP contribution in [0.2, 0.25) is 0 Å². The number of hydrogen-bond donors (Lipinski definition) is 2. The standard InChI is InChI=1S/C33H30N2O6/c1-3-39-32-18-24(17-26(20-34)33(37)35-27-11-13-28(36)14-12-27)9-15-30(32)41-22-25-10-16-29(31(19-25)38-2)40-21-23-7-5-4-6-8-23/h4-19,36H,3,21-22H2,1-2H3,(H,35,37)/b26-17+. The Balaban J connectivity index is 1.44. The van der Waals surface area contributed by atoms with Crippen molar-refractivity contribution in [1.29, 1.82) is 5.26 Å². The molecule has 0 heterocycles. The third-order valence-electron chi connectivity index (χ3n) is 5.93. The summed E-state index contributed by atoms with van der Waals surface area (Å²) in [5, 5.41) is 21.6. The summed E-state index contributed by atoms with van der Waals surface area (Å²) >= 11 is 0. The van der Waals surface area contributed by atoms with Crippen molar-refractivity contribution in [2.45, 2.75) is 20.1 Å². The Morgan fingerprint density at radius 3 is 2.20 bits per heavy atom. The number of carbonyl (C=O) groups excluding carboxylic acids is 1. The maximum Gasteiger partial charge on any atom is 0.266 e. The zero-order valence-corrected chi connectivity index (χ0v) is 22.8. The van der Waals surface area contributed by atoms with E-state index in [4.69, 9.17) is 18.9 Å². The van der Waals surface area contributed by atoms with Gasteiger partial charge in [0.1, 0.15) is 30.6 Å². The highest BCUT2D eigenvalue weighted by molar-refractivity contribution is 6.09. The van der Waals surface area contributed by atoms with E-state index in [0.29, 0.717) is 47.5 Å². The predicted molar refractivity (Wildman–Crippen MR) is 156 cm³/mol. The SMILES string of the molecule is CCOc1cc(/C=C(\C#N)C(=O)Nc2ccc(O)cc2)ccc1OCc1ccc(OCc2ccccc2)c(OC)c1. The lowest BCUT2D eigenvalue weighted by molar-refractivity contribution is -0.112. The Bertz CT molecular complexity index is 1540. The smallest absolute Gasteiger partial charge is 0.266 e. The number of anilines is 1. The third-order valence-corrected chi connectivity index (χ3v) is 5.93. The molecule has 41 heavy (non-hydrogen) atoms. The number of aromatic hydroxyl groups is 1. The van der Waals surface area contributed by atoms with E-state index in [1.54, 1.807) is 37.4 Å². The molecule has 0 radical (unpaired) electrons. The molecule has 0 spiro atoms. The molecule has 8 heteroatoms. The average molecular weight is 551 g/mol. The first-order chi connectivity index (χ1) is 20.0. The second-order valence-electron chi connectivity index (χ2n) is 8.86. The number of amides is 1. The highest BCUT2D eigenvalue weighted by Crippen LogP contribution is 2.32. The quantitative estimate of drug-likeness (QED) is 0.118. The maximum absolute atomic E-state index is 12.6. The molecular weight excluding hydrogens is 520 g/mol. The number of phenols is 1. The molecule has 0 aliphatic carbocycles. The van der Waals surface area contributed by atoms with Gasteiger partial charge in [-0.1, -0.05) is 42.5 Å². The summed E-state index contributed by atoms with van der Waals surface area (Å²) in [6, 6.07) is 28.6. The number of rotatable bonds is 12. The van der Waals surface area contributed by atoms with Crippen molar-refractivity contribution in [2.75, 3.05) is 19.0 Å². The average Bonchev–Trinajstić information content (AvgIpc) is 3.00. The lowest BCUT2D eigenvalue weighted by Crippen LogP contribution is -2.13. The summed E-state index contributed by atoms with van der Waals surface area (Å²) in [4.78, 5) is 12.6. The Hall–Kier alpha value is -5.42. The zero-order chi connectivity index (χ0) is 29.0. The van der Waals surface area contributed by atoms with Crippen LogP contribution in [0.4, 0.5) is 5.69 Å². The summed E-state index contributed by atoms with van der Waals surface area (Å²) in [6.45, 7) is 2.94. The van der Waals surface area contributed by atoms with Gasteiger partial charge in [0.15, 0.2) is 23.0 Å². The van der Waals surface area contributed by atoms with Crippen LogP contribution >= 0.6 is 0 Å². The molecule has 0 unspecified atom stereocenters. The number of ether oxygens (including phenoxy) is 4. The lowest BCUT2D eigenvalue weighted by atomic mass is 10.1. The van der Waals surface area contributed by atoms with E-state index in [1.807, 2.05) is 61.5 Å². The molecule has 0 aromatic heterocycles. The van der Waals surface area contributed by atoms with Gasteiger partial charge < -0.3 is 29.4 Å². The fourth-order valence-corrected chi connectivity index (χ4v) is 3.88. The van der Waals surface area contributed by atoms with Gasteiger partial charge in [0, 0.05) is 5.69 Å². The molecule has 2 N–H and O–H groups in total. The molecule has 0 bridgehead atoms. The van der Waals surface area contributed by atoms with Gasteiger partial charge in [-0.2, -0.15) is 5.26 Å². The number of phenolic OH excluding ortho intramolecular Hbond substituents is 1. The van der Waals surface area contributed by atoms with E-state index in [1.165, 1.54) is 18.2 Å². The molecule has 0 saturated carbocycles. The molecular formula is C33H30N2O6. The van der Waals surface area contributed by atoms with Crippen LogP contribution in [0, 0.1) is 11.3 Å². The first-order valence-corrected chi connectivity index (χ1v) is 12.9. The number of carbonyl (C=O) groups is 1. The summed E-state index contributed by atoms with van der Waals surface area (Å²) in [5.74, 6) is 1.73. The fourth-order valence-electron chi connectivity index (χ4n) is 3.88. The van der Waals surface area contributed by atoms with Crippen LogP contribution in [0.25, 0.3) is 6.08 Å². The molecule has 0 atom stereocenters. The van der Waals surface area contributed by atoms with Crippen LogP contribution in [0.15, 0.2) is 96.6 Å². The number of benzene rings is 4. The molecule has 0 saturated heterocycles. The second kappa shape index (κ2) is 14.1. The summed E-state index contributed by atoms with van der Waals surface area (Å²) < 4.78 is 23.3. The number of hydrogen-bond acceptors (Lipinski definition) is 7. The number of nitriles is 1. The Morgan fingerprint density at radius 1 is 0.829 bits per heavy atom. The van der Waals surface area contributed by atoms with E-state index in [9.17, 15) is 15.2 Å². The van der Waals surface area contributed by atoms with Gasteiger partial charge in [-0.15, -0.1) is 0 Å². The highest BCUT2D eigenvalue weighted by Gasteiger charge is 2.13. The van der Waals surface area contributed by atoms with Crippen molar-refractivity contribution in [3.63, 3.8) is 0 Å². The third kappa shape index (κ3) is 8.04. The number of nitrogens with zero attached hydrogens (tertiary/aromatic N) is 1. The van der Waals surface area contributed by atoms with Crippen molar-refractivity contribution in [1.82, 2.24) is 0 Å². The van der Waals surface area contributed by atoms with Gasteiger partial charge in [-0.05, 0) is 78.2 Å². The zero-order valence-electron chi connectivity index (χ0n) is 22.8. The second-order valence-corrected chi connectivity index (χ2v) is 8.86. The monoisotopic (exact) mass is 550 g/mol. The molecule has 0 aliphatic rings. The van der Waals surface area contributed by atoms with Gasteiger partial charge >= 0.3 is 0 Å². The molecule has 4 aromatic rings. The Morgan fingerprint density at radius 2 is 1.51 bits per heavy atom. The van der Waals surface area contributed by atoms with E-state index in [0.717, 1.165) is 11.1 Å². The minimum absolute atomic E-state index is 0.0776. The van der Waals surface area contributed by atoms with E-state index in [2.05, 4.69) is 5.32 Å². The lowest BCUT2D eigenvalue weighted by Gasteiger charge is -2.15. The van der Waals surface area contributed by atoms with Gasteiger partial charge in [0.2, 0.25) is 0 Å². The van der Waals surface area contributed by atoms with Crippen molar-refractivity contribution in [3.8, 4) is 34.8 Å². The molecule has 4 aromatic carbocycles. The largest absolute Gasteiger partial charge is 0.508 e. The normalized spacial score (nSPS) is 10.8. The number of methoxy groups -OCH3 is 1. The van der Waals surface area contributed by atoms with Crippen molar-refractivity contribution in [2.24, 2.45) is 0 Å². The van der Waals surface area contributed by atoms with Gasteiger partial charge in [0.25, 0.3) is 5.91 Å². The van der Waals surface area contributed by atoms with Crippen LogP contribution in [-0.2, 0) is 18.0 Å². The minimum Gasteiger partial charge on any atom is -0.508 e. The molecule has 1 amide bonds. The molecule has 4 rings (SSSR count). The van der Waals surface area contributed by atoms with Crippen molar-refractivity contribution < 1.29 is 28.8 Å². The van der Waals surface area contributed by atoms with E-state index >= 15 is 0 Å². The maximum atomic E-state index is 12.6. The van der Waals surface area contributed by atoms with Crippen LogP contribution in [0.1, 0.15) is 23.6 Å². The fraction of sp³-hybridized carbons (Fsp3) is 0.152. The minimum atomic E-state index is -0.568. The predicted octanol–water partition coefficient (Wildman–Crippen LogP) is 6.50. The van der Waals surface area contributed by atoms with E-state index in [-0.39, 0.29) is 17.9 Å². The molecule has 0 aliphatic heterocycles. The molecule has 0 fully saturated rings. The first-order valence-electron chi connectivity index (χ1n) is 12.9. The van der Waals surface area contributed by atoms with E-state index < -0.39 is 5.91 Å². The molecule has 208 valence electrons. The van der Waals surface area contributed by atoms with Crippen molar-refractivity contribution in [3.05, 3.63) is 113 Å². The summed E-state index contributed by atoms with van der Waals surface area (Å²) in [7, 11) is 1.59. The Kier molecular flexibility index (Phi) is 9.83. The van der Waals surface area contributed by atoms with Gasteiger partial charge in [-0.25, -0.2) is 0 Å². The first kappa shape index (κ1) is 28.6. The summed E-state index contributed by atoms with van der Waals surface area (Å²) in [6.07, 6.45) is 1.47. The van der Waals surface area contributed by atoms with Crippen LogP contribution in [-0.4, -0.2) is 24.7 Å². The van der Waals surface area contributed by atoms with Crippen LogP contribution in [0.5, 0.6) is 28.7 Å². The Labute approximate surface area is 239 Å².